The van der Waals surface area contributed by atoms with E-state index in [-0.39, 0.29) is 0 Å². The second kappa shape index (κ2) is 5.81. The smallest absolute Gasteiger partial charge is 0.186 e. The van der Waals surface area contributed by atoms with Gasteiger partial charge in [0.2, 0.25) is 0 Å². The Morgan fingerprint density at radius 3 is 2.64 bits per heavy atom. The van der Waals surface area contributed by atoms with Gasteiger partial charge in [-0.15, -0.1) is 0 Å². The molecule has 22 heavy (non-hydrogen) atoms. The highest BCUT2D eigenvalue weighted by Gasteiger charge is 2.21. The molecule has 1 aliphatic rings. The van der Waals surface area contributed by atoms with Gasteiger partial charge in [0.15, 0.2) is 5.13 Å². The zero-order valence-corrected chi connectivity index (χ0v) is 14.2. The molecule has 7 heteroatoms. The first-order chi connectivity index (χ1) is 10.8. The van der Waals surface area contributed by atoms with Crippen molar-refractivity contribution in [1.82, 2.24) is 15.0 Å². The summed E-state index contributed by atoms with van der Waals surface area (Å²) in [6.45, 7) is 3.81. The molecule has 112 valence electrons. The van der Waals surface area contributed by atoms with Crippen LogP contribution in [0, 0.1) is 0 Å². The van der Waals surface area contributed by atoms with Crippen molar-refractivity contribution < 1.29 is 0 Å². The van der Waals surface area contributed by atoms with Gasteiger partial charge in [-0.2, -0.15) is 0 Å². The number of fused-ring (bicyclic) bond motifs is 1. The molecule has 0 saturated carbocycles. The maximum absolute atomic E-state index is 4.69. The number of aromatic nitrogens is 3. The number of thiazole rings is 1. The van der Waals surface area contributed by atoms with Crippen molar-refractivity contribution in [2.75, 3.05) is 36.0 Å². The van der Waals surface area contributed by atoms with Gasteiger partial charge in [0.25, 0.3) is 0 Å². The van der Waals surface area contributed by atoms with E-state index >= 15 is 0 Å². The van der Waals surface area contributed by atoms with Crippen LogP contribution in [0.1, 0.15) is 0 Å². The molecule has 4 heterocycles. The summed E-state index contributed by atoms with van der Waals surface area (Å²) in [6, 6.07) is 6.01. The van der Waals surface area contributed by atoms with Crippen LogP contribution < -0.4 is 9.80 Å². The van der Waals surface area contributed by atoms with Crippen LogP contribution in [0.25, 0.3) is 10.2 Å². The Balaban J connectivity index is 1.51. The van der Waals surface area contributed by atoms with Gasteiger partial charge in [-0.05, 0) is 34.1 Å². The molecule has 0 bridgehead atoms. The van der Waals surface area contributed by atoms with Crippen LogP contribution in [-0.4, -0.2) is 41.1 Å². The highest BCUT2D eigenvalue weighted by atomic mass is 79.9. The number of pyridine rings is 2. The molecule has 1 fully saturated rings. The van der Waals surface area contributed by atoms with Crippen LogP contribution >= 0.6 is 27.3 Å². The standard InChI is InChI=1S/C15H14BrN5S/c16-11-2-1-4-18-14(11)20-6-8-21(9-7-20)15-19-12-10-17-5-3-13(12)22-15/h1-5,10H,6-9H2. The lowest BCUT2D eigenvalue weighted by molar-refractivity contribution is 0.645. The average molecular weight is 376 g/mol. The Labute approximate surface area is 140 Å². The van der Waals surface area contributed by atoms with Crippen molar-refractivity contribution in [1.29, 1.82) is 0 Å². The van der Waals surface area contributed by atoms with E-state index < -0.39 is 0 Å². The Morgan fingerprint density at radius 2 is 1.86 bits per heavy atom. The summed E-state index contributed by atoms with van der Waals surface area (Å²) in [7, 11) is 0. The fourth-order valence-electron chi connectivity index (χ4n) is 2.62. The largest absolute Gasteiger partial charge is 0.352 e. The lowest BCUT2D eigenvalue weighted by Crippen LogP contribution is -2.46. The minimum atomic E-state index is 0.948. The van der Waals surface area contributed by atoms with Crippen LogP contribution in [-0.2, 0) is 0 Å². The highest BCUT2D eigenvalue weighted by Crippen LogP contribution is 2.30. The zero-order valence-electron chi connectivity index (χ0n) is 11.8. The Kier molecular flexibility index (Phi) is 3.67. The van der Waals surface area contributed by atoms with Crippen LogP contribution in [0.3, 0.4) is 0 Å². The van der Waals surface area contributed by atoms with Gasteiger partial charge in [0.05, 0.1) is 15.4 Å². The first kappa shape index (κ1) is 13.9. The van der Waals surface area contributed by atoms with E-state index in [1.54, 1.807) is 11.3 Å². The van der Waals surface area contributed by atoms with Crippen molar-refractivity contribution >= 4 is 48.4 Å². The minimum Gasteiger partial charge on any atom is -0.352 e. The Morgan fingerprint density at radius 1 is 1.05 bits per heavy atom. The molecule has 0 radical (unpaired) electrons. The van der Waals surface area contributed by atoms with Gasteiger partial charge < -0.3 is 9.80 Å². The third kappa shape index (κ3) is 2.55. The monoisotopic (exact) mass is 375 g/mol. The molecule has 0 spiro atoms. The summed E-state index contributed by atoms with van der Waals surface area (Å²) in [5.74, 6) is 1.02. The molecule has 0 atom stereocenters. The summed E-state index contributed by atoms with van der Waals surface area (Å²) in [5, 5.41) is 1.09. The van der Waals surface area contributed by atoms with E-state index in [1.165, 1.54) is 4.70 Å². The SMILES string of the molecule is Brc1cccnc1N1CCN(c2nc3cnccc3s2)CC1. The summed E-state index contributed by atoms with van der Waals surface area (Å²) < 4.78 is 2.24. The van der Waals surface area contributed by atoms with Gasteiger partial charge in [-0.3, -0.25) is 4.98 Å². The number of hydrogen-bond donors (Lipinski definition) is 0. The second-order valence-corrected chi connectivity index (χ2v) is 6.99. The lowest BCUT2D eigenvalue weighted by Gasteiger charge is -2.35. The maximum Gasteiger partial charge on any atom is 0.186 e. The Bertz CT molecular complexity index is 764. The van der Waals surface area contributed by atoms with E-state index in [2.05, 4.69) is 35.7 Å². The van der Waals surface area contributed by atoms with Crippen molar-refractivity contribution in [3.63, 3.8) is 0 Å². The fraction of sp³-hybridized carbons (Fsp3) is 0.267. The van der Waals surface area contributed by atoms with Gasteiger partial charge in [0, 0.05) is 38.6 Å². The predicted octanol–water partition coefficient (Wildman–Crippen LogP) is 3.18. The van der Waals surface area contributed by atoms with E-state index in [9.17, 15) is 0 Å². The highest BCUT2D eigenvalue weighted by molar-refractivity contribution is 9.10. The molecule has 5 nitrogen and oxygen atoms in total. The molecule has 3 aromatic heterocycles. The minimum absolute atomic E-state index is 0.948. The second-order valence-electron chi connectivity index (χ2n) is 5.12. The first-order valence-corrected chi connectivity index (χ1v) is 8.73. The fourth-order valence-corrected chi connectivity index (χ4v) is 4.11. The lowest BCUT2D eigenvalue weighted by atomic mass is 10.3. The van der Waals surface area contributed by atoms with Crippen molar-refractivity contribution in [2.24, 2.45) is 0 Å². The van der Waals surface area contributed by atoms with Crippen molar-refractivity contribution in [3.05, 3.63) is 41.3 Å². The van der Waals surface area contributed by atoms with Crippen LogP contribution in [0.4, 0.5) is 10.9 Å². The molecule has 3 aromatic rings. The van der Waals surface area contributed by atoms with E-state index in [4.69, 9.17) is 4.98 Å². The molecular formula is C15H14BrN5S. The molecule has 1 aliphatic heterocycles. The maximum atomic E-state index is 4.69. The van der Waals surface area contributed by atoms with Crippen LogP contribution in [0.15, 0.2) is 41.3 Å². The quantitative estimate of drug-likeness (QED) is 0.688. The Hall–Kier alpha value is -1.73. The first-order valence-electron chi connectivity index (χ1n) is 7.12. The molecule has 0 amide bonds. The normalized spacial score (nSPS) is 15.5. The number of hydrogen-bond acceptors (Lipinski definition) is 6. The van der Waals surface area contributed by atoms with Crippen LogP contribution in [0.2, 0.25) is 0 Å². The summed E-state index contributed by atoms with van der Waals surface area (Å²) in [4.78, 5) is 18.0. The topological polar surface area (TPSA) is 45.2 Å². The average Bonchev–Trinajstić information content (AvgIpc) is 2.99. The molecule has 0 aromatic carbocycles. The molecule has 0 N–H and O–H groups in total. The van der Waals surface area contributed by atoms with Crippen molar-refractivity contribution in [2.45, 2.75) is 0 Å². The summed E-state index contributed by atoms with van der Waals surface area (Å²) in [6.07, 6.45) is 5.49. The zero-order chi connectivity index (χ0) is 14.9. The number of rotatable bonds is 2. The van der Waals surface area contributed by atoms with E-state index in [0.29, 0.717) is 0 Å². The predicted molar refractivity (Wildman–Crippen MR) is 93.8 cm³/mol. The van der Waals surface area contributed by atoms with E-state index in [0.717, 1.165) is 47.1 Å². The van der Waals surface area contributed by atoms with Crippen LogP contribution in [0.5, 0.6) is 0 Å². The van der Waals surface area contributed by atoms with Gasteiger partial charge in [0.1, 0.15) is 11.3 Å². The number of piperazine rings is 1. The molecule has 4 rings (SSSR count). The molecule has 0 aliphatic carbocycles. The number of nitrogens with zero attached hydrogens (tertiary/aromatic N) is 5. The van der Waals surface area contributed by atoms with Gasteiger partial charge in [-0.25, -0.2) is 9.97 Å². The summed E-state index contributed by atoms with van der Waals surface area (Å²) >= 11 is 5.32. The van der Waals surface area contributed by atoms with Gasteiger partial charge >= 0.3 is 0 Å². The van der Waals surface area contributed by atoms with E-state index in [1.807, 2.05) is 36.8 Å². The molecule has 1 saturated heterocycles. The third-order valence-corrected chi connectivity index (χ3v) is 5.48. The number of anilines is 2. The third-order valence-electron chi connectivity index (χ3n) is 3.77. The van der Waals surface area contributed by atoms with Gasteiger partial charge in [-0.1, -0.05) is 11.3 Å². The summed E-state index contributed by atoms with van der Waals surface area (Å²) in [5.41, 5.74) is 0.984. The van der Waals surface area contributed by atoms with Crippen molar-refractivity contribution in [3.8, 4) is 0 Å². The number of halogens is 1. The molecule has 0 unspecified atom stereocenters. The molecular weight excluding hydrogens is 362 g/mol.